The van der Waals surface area contributed by atoms with Crippen LogP contribution in [0.5, 0.6) is 5.75 Å². The molecule has 2 amide bonds. The van der Waals surface area contributed by atoms with Gasteiger partial charge in [0, 0.05) is 10.8 Å². The molecule has 0 saturated carbocycles. The number of amides is 2. The van der Waals surface area contributed by atoms with Gasteiger partial charge < -0.3 is 15.4 Å². The summed E-state index contributed by atoms with van der Waals surface area (Å²) in [4.78, 5) is 11.9. The fourth-order valence-electron chi connectivity index (χ4n) is 1.55. The van der Waals surface area contributed by atoms with Crippen LogP contribution in [0, 0.1) is 6.92 Å². The summed E-state index contributed by atoms with van der Waals surface area (Å²) in [5, 5.41) is 9.57. The Morgan fingerprint density at radius 2 is 2.00 bits per heavy atom. The predicted molar refractivity (Wildman–Crippen MR) is 79.7 cm³/mol. The Labute approximate surface area is 120 Å². The van der Waals surface area contributed by atoms with Crippen LogP contribution in [-0.4, -0.2) is 13.1 Å². The maximum atomic E-state index is 11.9. The van der Waals surface area contributed by atoms with E-state index >= 15 is 0 Å². The van der Waals surface area contributed by atoms with Crippen molar-refractivity contribution in [3.63, 3.8) is 0 Å². The number of ether oxygens (including phenoxy) is 1. The van der Waals surface area contributed by atoms with E-state index in [-0.39, 0.29) is 6.03 Å². The standard InChI is InChI=1S/C13H13ClN2O2S/c1-8-4-3-5-9(12(8)14)15-13(17)16-10-6-19-7-11(10)18-2/h3-7H,1-2H3,(H2,15,16,17). The number of carbonyl (C=O) groups is 1. The Morgan fingerprint density at radius 1 is 1.26 bits per heavy atom. The molecule has 4 nitrogen and oxygen atoms in total. The molecule has 0 spiro atoms. The van der Waals surface area contributed by atoms with Gasteiger partial charge in [0.2, 0.25) is 0 Å². The summed E-state index contributed by atoms with van der Waals surface area (Å²) in [5.41, 5.74) is 2.12. The van der Waals surface area contributed by atoms with Crippen LogP contribution in [0.2, 0.25) is 5.02 Å². The number of rotatable bonds is 3. The molecule has 6 heteroatoms. The Balaban J connectivity index is 2.08. The van der Waals surface area contributed by atoms with Gasteiger partial charge in [-0.2, -0.15) is 0 Å². The molecule has 0 bridgehead atoms. The number of nitrogens with one attached hydrogen (secondary N) is 2. The fraction of sp³-hybridized carbons (Fsp3) is 0.154. The third-order valence-electron chi connectivity index (χ3n) is 2.53. The Morgan fingerprint density at radius 3 is 2.74 bits per heavy atom. The summed E-state index contributed by atoms with van der Waals surface area (Å²) in [6.45, 7) is 1.88. The molecular weight excluding hydrogens is 284 g/mol. The first-order chi connectivity index (χ1) is 9.11. The molecule has 1 heterocycles. The van der Waals surface area contributed by atoms with Crippen molar-refractivity contribution < 1.29 is 9.53 Å². The highest BCUT2D eigenvalue weighted by molar-refractivity contribution is 7.08. The lowest BCUT2D eigenvalue weighted by Gasteiger charge is -2.10. The molecule has 2 rings (SSSR count). The zero-order valence-electron chi connectivity index (χ0n) is 10.5. The van der Waals surface area contributed by atoms with E-state index in [9.17, 15) is 4.79 Å². The van der Waals surface area contributed by atoms with E-state index in [0.29, 0.717) is 22.1 Å². The zero-order valence-corrected chi connectivity index (χ0v) is 12.1. The first kappa shape index (κ1) is 13.7. The third kappa shape index (κ3) is 3.19. The number of methoxy groups -OCH3 is 1. The monoisotopic (exact) mass is 296 g/mol. The van der Waals surface area contributed by atoms with Crippen LogP contribution in [0.1, 0.15) is 5.56 Å². The molecule has 2 aromatic rings. The highest BCUT2D eigenvalue weighted by Gasteiger charge is 2.10. The van der Waals surface area contributed by atoms with Crippen molar-refractivity contribution in [3.8, 4) is 5.75 Å². The SMILES string of the molecule is COc1cscc1NC(=O)Nc1cccc(C)c1Cl. The molecule has 0 atom stereocenters. The van der Waals surface area contributed by atoms with Crippen molar-refractivity contribution in [1.82, 2.24) is 0 Å². The summed E-state index contributed by atoms with van der Waals surface area (Å²) >= 11 is 7.56. The highest BCUT2D eigenvalue weighted by Crippen LogP contribution is 2.29. The largest absolute Gasteiger partial charge is 0.494 e. The molecule has 0 unspecified atom stereocenters. The molecule has 0 fully saturated rings. The quantitative estimate of drug-likeness (QED) is 0.884. The fourth-order valence-corrected chi connectivity index (χ4v) is 2.45. The van der Waals surface area contributed by atoms with E-state index < -0.39 is 0 Å². The van der Waals surface area contributed by atoms with Gasteiger partial charge in [-0.15, -0.1) is 11.3 Å². The van der Waals surface area contributed by atoms with Gasteiger partial charge in [-0.3, -0.25) is 0 Å². The number of benzene rings is 1. The number of urea groups is 1. The minimum absolute atomic E-state index is 0.357. The topological polar surface area (TPSA) is 50.4 Å². The van der Waals surface area contributed by atoms with Gasteiger partial charge in [0.1, 0.15) is 0 Å². The van der Waals surface area contributed by atoms with Crippen LogP contribution in [0.3, 0.4) is 0 Å². The number of hydrogen-bond acceptors (Lipinski definition) is 3. The molecule has 1 aromatic heterocycles. The Hall–Kier alpha value is -1.72. The normalized spacial score (nSPS) is 10.1. The maximum Gasteiger partial charge on any atom is 0.323 e. The second-order valence-corrected chi connectivity index (χ2v) is 4.99. The average Bonchev–Trinajstić information content (AvgIpc) is 2.82. The molecule has 0 aliphatic heterocycles. The van der Waals surface area contributed by atoms with Gasteiger partial charge in [-0.1, -0.05) is 23.7 Å². The molecule has 0 saturated heterocycles. The van der Waals surface area contributed by atoms with Crippen LogP contribution in [-0.2, 0) is 0 Å². The van der Waals surface area contributed by atoms with Crippen molar-refractivity contribution in [3.05, 3.63) is 39.5 Å². The van der Waals surface area contributed by atoms with Crippen molar-refractivity contribution in [2.75, 3.05) is 17.7 Å². The van der Waals surface area contributed by atoms with E-state index in [2.05, 4.69) is 10.6 Å². The number of carbonyl (C=O) groups excluding carboxylic acids is 1. The molecule has 2 N–H and O–H groups in total. The van der Waals surface area contributed by atoms with Crippen molar-refractivity contribution in [1.29, 1.82) is 0 Å². The summed E-state index contributed by atoms with van der Waals surface area (Å²) in [6.07, 6.45) is 0. The zero-order chi connectivity index (χ0) is 13.8. The first-order valence-electron chi connectivity index (χ1n) is 5.55. The molecule has 19 heavy (non-hydrogen) atoms. The average molecular weight is 297 g/mol. The van der Waals surface area contributed by atoms with E-state index in [1.54, 1.807) is 18.6 Å². The second kappa shape index (κ2) is 5.95. The lowest BCUT2D eigenvalue weighted by Crippen LogP contribution is -2.19. The highest BCUT2D eigenvalue weighted by atomic mass is 35.5. The Kier molecular flexibility index (Phi) is 4.29. The van der Waals surface area contributed by atoms with Crippen LogP contribution in [0.4, 0.5) is 16.2 Å². The molecular formula is C13H13ClN2O2S. The molecule has 0 aliphatic carbocycles. The number of hydrogen-bond donors (Lipinski definition) is 2. The molecule has 100 valence electrons. The Bertz CT molecular complexity index is 598. The minimum Gasteiger partial charge on any atom is -0.494 e. The summed E-state index contributed by atoms with van der Waals surface area (Å²) in [5.74, 6) is 0.635. The molecule has 1 aromatic carbocycles. The number of thiophene rings is 1. The summed E-state index contributed by atoms with van der Waals surface area (Å²) in [6, 6.07) is 5.11. The molecule has 0 aliphatic rings. The molecule has 0 radical (unpaired) electrons. The van der Waals surface area contributed by atoms with Crippen LogP contribution >= 0.6 is 22.9 Å². The maximum absolute atomic E-state index is 11.9. The van der Waals surface area contributed by atoms with Gasteiger partial charge in [0.05, 0.1) is 23.5 Å². The first-order valence-corrected chi connectivity index (χ1v) is 6.87. The van der Waals surface area contributed by atoms with Gasteiger partial charge in [0.25, 0.3) is 0 Å². The van der Waals surface area contributed by atoms with Crippen molar-refractivity contribution >= 4 is 40.3 Å². The van der Waals surface area contributed by atoms with Crippen LogP contribution in [0.15, 0.2) is 29.0 Å². The second-order valence-electron chi connectivity index (χ2n) is 3.87. The smallest absolute Gasteiger partial charge is 0.323 e. The lowest BCUT2D eigenvalue weighted by molar-refractivity contribution is 0.262. The van der Waals surface area contributed by atoms with E-state index in [1.807, 2.05) is 24.4 Å². The number of aryl methyl sites for hydroxylation is 1. The van der Waals surface area contributed by atoms with Crippen molar-refractivity contribution in [2.45, 2.75) is 6.92 Å². The van der Waals surface area contributed by atoms with Gasteiger partial charge >= 0.3 is 6.03 Å². The predicted octanol–water partition coefficient (Wildman–Crippen LogP) is 4.36. The number of halogens is 1. The van der Waals surface area contributed by atoms with Crippen molar-refractivity contribution in [2.24, 2.45) is 0 Å². The number of anilines is 2. The third-order valence-corrected chi connectivity index (χ3v) is 3.76. The van der Waals surface area contributed by atoms with E-state index in [1.165, 1.54) is 11.3 Å². The van der Waals surface area contributed by atoms with Crippen LogP contribution < -0.4 is 15.4 Å². The lowest BCUT2D eigenvalue weighted by atomic mass is 10.2. The van der Waals surface area contributed by atoms with E-state index in [0.717, 1.165) is 5.56 Å². The van der Waals surface area contributed by atoms with Gasteiger partial charge in [0.15, 0.2) is 5.75 Å². The van der Waals surface area contributed by atoms with Gasteiger partial charge in [-0.05, 0) is 18.6 Å². The minimum atomic E-state index is -0.357. The van der Waals surface area contributed by atoms with Crippen LogP contribution in [0.25, 0.3) is 0 Å². The van der Waals surface area contributed by atoms with Gasteiger partial charge in [-0.25, -0.2) is 4.79 Å². The summed E-state index contributed by atoms with van der Waals surface area (Å²) in [7, 11) is 1.56. The summed E-state index contributed by atoms with van der Waals surface area (Å²) < 4.78 is 5.12. The van der Waals surface area contributed by atoms with E-state index in [4.69, 9.17) is 16.3 Å².